The highest BCUT2D eigenvalue weighted by atomic mass is 19.1. The quantitative estimate of drug-likeness (QED) is 0.771. The lowest BCUT2D eigenvalue weighted by atomic mass is 10.1. The molecule has 2 heterocycles. The first kappa shape index (κ1) is 15.9. The fraction of sp³-hybridized carbons (Fsp3) is 0.250. The number of hydrogen-bond acceptors (Lipinski definition) is 4. The molecule has 124 valence electrons. The SMILES string of the molecule is Cc1ccc(CNC(=O)Cn2cnc3c(cnn3C)c2=O)cc1F. The van der Waals surface area contributed by atoms with Gasteiger partial charge in [0.25, 0.3) is 5.56 Å². The molecule has 0 saturated heterocycles. The van der Waals surface area contributed by atoms with Crippen molar-refractivity contribution in [3.05, 3.63) is 58.0 Å². The highest BCUT2D eigenvalue weighted by molar-refractivity contribution is 5.77. The van der Waals surface area contributed by atoms with Gasteiger partial charge in [-0.25, -0.2) is 9.37 Å². The molecule has 7 nitrogen and oxygen atoms in total. The Morgan fingerprint density at radius 2 is 2.17 bits per heavy atom. The summed E-state index contributed by atoms with van der Waals surface area (Å²) in [5, 5.41) is 6.99. The third-order valence-electron chi connectivity index (χ3n) is 3.76. The molecule has 0 aliphatic carbocycles. The van der Waals surface area contributed by atoms with Crippen molar-refractivity contribution >= 4 is 16.9 Å². The number of amides is 1. The molecule has 3 rings (SSSR count). The van der Waals surface area contributed by atoms with Crippen molar-refractivity contribution in [2.75, 3.05) is 0 Å². The van der Waals surface area contributed by atoms with Gasteiger partial charge in [-0.05, 0) is 24.1 Å². The van der Waals surface area contributed by atoms with E-state index >= 15 is 0 Å². The fourth-order valence-electron chi connectivity index (χ4n) is 2.34. The Labute approximate surface area is 136 Å². The van der Waals surface area contributed by atoms with Crippen LogP contribution < -0.4 is 10.9 Å². The first-order valence-electron chi connectivity index (χ1n) is 7.34. The van der Waals surface area contributed by atoms with Gasteiger partial charge < -0.3 is 5.32 Å². The number of fused-ring (bicyclic) bond motifs is 1. The lowest BCUT2D eigenvalue weighted by Crippen LogP contribution is -2.32. The molecule has 2 aromatic heterocycles. The van der Waals surface area contributed by atoms with E-state index in [1.54, 1.807) is 26.1 Å². The number of nitrogens with one attached hydrogen (secondary N) is 1. The molecule has 1 aromatic carbocycles. The van der Waals surface area contributed by atoms with Crippen LogP contribution in [-0.2, 0) is 24.9 Å². The Morgan fingerprint density at radius 3 is 2.92 bits per heavy atom. The van der Waals surface area contributed by atoms with Crippen LogP contribution in [0, 0.1) is 12.7 Å². The molecule has 0 aliphatic rings. The average Bonchev–Trinajstić information content (AvgIpc) is 2.93. The van der Waals surface area contributed by atoms with Crippen molar-refractivity contribution in [2.24, 2.45) is 7.05 Å². The van der Waals surface area contributed by atoms with E-state index in [0.29, 0.717) is 22.2 Å². The van der Waals surface area contributed by atoms with Crippen molar-refractivity contribution in [3.63, 3.8) is 0 Å². The summed E-state index contributed by atoms with van der Waals surface area (Å²) in [5.74, 6) is -0.674. The van der Waals surface area contributed by atoms with E-state index in [9.17, 15) is 14.0 Å². The van der Waals surface area contributed by atoms with E-state index in [-0.39, 0.29) is 30.4 Å². The summed E-state index contributed by atoms with van der Waals surface area (Å²) >= 11 is 0. The summed E-state index contributed by atoms with van der Waals surface area (Å²) in [6, 6.07) is 4.78. The molecule has 1 amide bonds. The standard InChI is InChI=1S/C16H16FN5O2/c1-10-3-4-11(5-13(10)17)6-18-14(23)8-22-9-19-15-12(16(22)24)7-20-21(15)2/h3-5,7,9H,6,8H2,1-2H3,(H,18,23). The molecule has 0 bridgehead atoms. The number of halogens is 1. The second-order valence-electron chi connectivity index (χ2n) is 5.54. The molecule has 0 aliphatic heterocycles. The monoisotopic (exact) mass is 329 g/mol. The largest absolute Gasteiger partial charge is 0.350 e. The maximum Gasteiger partial charge on any atom is 0.264 e. The number of nitrogens with zero attached hydrogens (tertiary/aromatic N) is 4. The minimum absolute atomic E-state index is 0.162. The Bertz CT molecular complexity index is 976. The Hall–Kier alpha value is -3.03. The van der Waals surface area contributed by atoms with Gasteiger partial charge in [-0.15, -0.1) is 0 Å². The predicted octanol–water partition coefficient (Wildman–Crippen LogP) is 0.894. The molecular weight excluding hydrogens is 313 g/mol. The molecule has 0 fully saturated rings. The molecule has 0 atom stereocenters. The van der Waals surface area contributed by atoms with Crippen LogP contribution in [0.4, 0.5) is 4.39 Å². The maximum atomic E-state index is 13.5. The van der Waals surface area contributed by atoms with E-state index < -0.39 is 0 Å². The van der Waals surface area contributed by atoms with Crippen molar-refractivity contribution in [3.8, 4) is 0 Å². The number of hydrogen-bond donors (Lipinski definition) is 1. The predicted molar refractivity (Wildman–Crippen MR) is 85.8 cm³/mol. The van der Waals surface area contributed by atoms with Gasteiger partial charge in [-0.1, -0.05) is 12.1 Å². The second-order valence-corrected chi connectivity index (χ2v) is 5.54. The summed E-state index contributed by atoms with van der Waals surface area (Å²) in [5.41, 5.74) is 1.34. The van der Waals surface area contributed by atoms with Crippen molar-refractivity contribution < 1.29 is 9.18 Å². The molecule has 0 radical (unpaired) electrons. The maximum absolute atomic E-state index is 13.5. The van der Waals surface area contributed by atoms with Gasteiger partial charge in [0, 0.05) is 13.6 Å². The van der Waals surface area contributed by atoms with E-state index in [1.165, 1.54) is 27.8 Å². The number of rotatable bonds is 4. The summed E-state index contributed by atoms with van der Waals surface area (Å²) in [6.07, 6.45) is 2.74. The van der Waals surface area contributed by atoms with Crippen LogP contribution in [0.5, 0.6) is 0 Å². The van der Waals surface area contributed by atoms with Crippen LogP contribution in [0.15, 0.2) is 35.5 Å². The van der Waals surface area contributed by atoms with Crippen LogP contribution in [0.25, 0.3) is 11.0 Å². The Morgan fingerprint density at radius 1 is 1.38 bits per heavy atom. The lowest BCUT2D eigenvalue weighted by Gasteiger charge is -2.08. The molecule has 1 N–H and O–H groups in total. The molecule has 0 saturated carbocycles. The molecule has 24 heavy (non-hydrogen) atoms. The van der Waals surface area contributed by atoms with Gasteiger partial charge in [0.1, 0.15) is 24.1 Å². The lowest BCUT2D eigenvalue weighted by molar-refractivity contribution is -0.121. The van der Waals surface area contributed by atoms with Crippen molar-refractivity contribution in [2.45, 2.75) is 20.0 Å². The van der Waals surface area contributed by atoms with Gasteiger partial charge in [0.2, 0.25) is 5.91 Å². The minimum atomic E-state index is -0.358. The zero-order valence-electron chi connectivity index (χ0n) is 13.3. The van der Waals surface area contributed by atoms with Gasteiger partial charge in [-0.3, -0.25) is 18.8 Å². The molecular formula is C16H16FN5O2. The highest BCUT2D eigenvalue weighted by Gasteiger charge is 2.11. The van der Waals surface area contributed by atoms with E-state index in [1.807, 2.05) is 0 Å². The number of aromatic nitrogens is 4. The van der Waals surface area contributed by atoms with E-state index in [2.05, 4.69) is 15.4 Å². The van der Waals surface area contributed by atoms with E-state index in [0.717, 1.165) is 0 Å². The van der Waals surface area contributed by atoms with E-state index in [4.69, 9.17) is 0 Å². The zero-order valence-corrected chi connectivity index (χ0v) is 13.3. The van der Waals surface area contributed by atoms with Gasteiger partial charge in [0.05, 0.1) is 6.20 Å². The fourth-order valence-corrected chi connectivity index (χ4v) is 2.34. The zero-order chi connectivity index (χ0) is 17.3. The molecule has 8 heteroatoms. The van der Waals surface area contributed by atoms with Crippen LogP contribution in [0.3, 0.4) is 0 Å². The number of aryl methyl sites for hydroxylation is 2. The summed E-state index contributed by atoms with van der Waals surface area (Å²) < 4.78 is 16.2. The highest BCUT2D eigenvalue weighted by Crippen LogP contribution is 2.09. The smallest absolute Gasteiger partial charge is 0.264 e. The van der Waals surface area contributed by atoms with Crippen molar-refractivity contribution in [1.29, 1.82) is 0 Å². The molecule has 0 spiro atoms. The van der Waals surface area contributed by atoms with Gasteiger partial charge in [0.15, 0.2) is 5.65 Å². The number of benzene rings is 1. The van der Waals surface area contributed by atoms with Crippen LogP contribution in [0.1, 0.15) is 11.1 Å². The number of carbonyl (C=O) groups excluding carboxylic acids is 1. The Kier molecular flexibility index (Phi) is 4.11. The number of carbonyl (C=O) groups is 1. The van der Waals surface area contributed by atoms with Crippen LogP contribution in [0.2, 0.25) is 0 Å². The minimum Gasteiger partial charge on any atom is -0.350 e. The average molecular weight is 329 g/mol. The third kappa shape index (κ3) is 3.03. The van der Waals surface area contributed by atoms with Gasteiger partial charge >= 0.3 is 0 Å². The summed E-state index contributed by atoms with van der Waals surface area (Å²) in [7, 11) is 1.69. The summed E-state index contributed by atoms with van der Waals surface area (Å²) in [6.45, 7) is 1.70. The molecule has 3 aromatic rings. The normalized spacial score (nSPS) is 11.0. The topological polar surface area (TPSA) is 81.8 Å². The van der Waals surface area contributed by atoms with Gasteiger partial charge in [-0.2, -0.15) is 5.10 Å². The van der Waals surface area contributed by atoms with Crippen molar-refractivity contribution in [1.82, 2.24) is 24.6 Å². The first-order chi connectivity index (χ1) is 11.5. The van der Waals surface area contributed by atoms with Crippen LogP contribution >= 0.6 is 0 Å². The molecule has 0 unspecified atom stereocenters. The second kappa shape index (κ2) is 6.23. The summed E-state index contributed by atoms with van der Waals surface area (Å²) in [4.78, 5) is 28.4. The first-order valence-corrected chi connectivity index (χ1v) is 7.34. The van der Waals surface area contributed by atoms with Crippen LogP contribution in [-0.4, -0.2) is 25.2 Å². The third-order valence-corrected chi connectivity index (χ3v) is 3.76. The Balaban J connectivity index is 1.69.